The van der Waals surface area contributed by atoms with Crippen molar-refractivity contribution in [3.8, 4) is 0 Å². The van der Waals surface area contributed by atoms with Crippen molar-refractivity contribution in [3.63, 3.8) is 0 Å². The number of likely N-dealkylation sites (tertiary alicyclic amines) is 1. The van der Waals surface area contributed by atoms with E-state index in [4.69, 9.17) is 0 Å². The minimum Gasteiger partial charge on any atom is -0.312 e. The SMILES string of the molecule is Cc1cc(F)ccc1CN1CCCC(CNC(C)(C)C)C1. The molecule has 0 aliphatic carbocycles. The van der Waals surface area contributed by atoms with Crippen LogP contribution in [0, 0.1) is 18.7 Å². The molecule has 118 valence electrons. The Bertz CT molecular complexity index is 465. The largest absolute Gasteiger partial charge is 0.312 e. The maximum Gasteiger partial charge on any atom is 0.123 e. The summed E-state index contributed by atoms with van der Waals surface area (Å²) >= 11 is 0. The van der Waals surface area contributed by atoms with Crippen molar-refractivity contribution >= 4 is 0 Å². The number of nitrogens with one attached hydrogen (secondary N) is 1. The van der Waals surface area contributed by atoms with Crippen molar-refractivity contribution in [1.82, 2.24) is 10.2 Å². The van der Waals surface area contributed by atoms with Crippen LogP contribution in [0.3, 0.4) is 0 Å². The van der Waals surface area contributed by atoms with Crippen LogP contribution in [0.25, 0.3) is 0 Å². The summed E-state index contributed by atoms with van der Waals surface area (Å²) in [5.74, 6) is 0.584. The van der Waals surface area contributed by atoms with E-state index in [1.54, 1.807) is 12.1 Å². The minimum absolute atomic E-state index is 0.137. The zero-order chi connectivity index (χ0) is 15.5. The molecule has 21 heavy (non-hydrogen) atoms. The number of hydrogen-bond donors (Lipinski definition) is 1. The second-order valence-corrected chi connectivity index (χ2v) is 7.45. The zero-order valence-corrected chi connectivity index (χ0v) is 13.9. The molecule has 0 radical (unpaired) electrons. The van der Waals surface area contributed by atoms with Gasteiger partial charge in [-0.3, -0.25) is 4.90 Å². The van der Waals surface area contributed by atoms with Gasteiger partial charge in [-0.2, -0.15) is 0 Å². The fourth-order valence-electron chi connectivity index (χ4n) is 2.99. The number of benzene rings is 1. The van der Waals surface area contributed by atoms with Gasteiger partial charge in [0.25, 0.3) is 0 Å². The maximum atomic E-state index is 13.2. The minimum atomic E-state index is -0.137. The molecule has 1 atom stereocenters. The van der Waals surface area contributed by atoms with Gasteiger partial charge in [-0.15, -0.1) is 0 Å². The summed E-state index contributed by atoms with van der Waals surface area (Å²) in [6.45, 7) is 13.0. The van der Waals surface area contributed by atoms with E-state index >= 15 is 0 Å². The van der Waals surface area contributed by atoms with E-state index in [2.05, 4.69) is 31.0 Å². The Balaban J connectivity index is 1.89. The quantitative estimate of drug-likeness (QED) is 0.909. The fraction of sp³-hybridized carbons (Fsp3) is 0.667. The summed E-state index contributed by atoms with van der Waals surface area (Å²) in [6, 6.07) is 5.14. The third-order valence-corrected chi connectivity index (χ3v) is 4.22. The third-order valence-electron chi connectivity index (χ3n) is 4.22. The van der Waals surface area contributed by atoms with Gasteiger partial charge in [0, 0.05) is 18.6 Å². The lowest BCUT2D eigenvalue weighted by atomic mass is 9.96. The molecule has 2 nitrogen and oxygen atoms in total. The van der Waals surface area contributed by atoms with E-state index in [0.29, 0.717) is 0 Å². The zero-order valence-electron chi connectivity index (χ0n) is 13.9. The van der Waals surface area contributed by atoms with E-state index in [1.807, 2.05) is 13.0 Å². The molecule has 0 amide bonds. The highest BCUT2D eigenvalue weighted by molar-refractivity contribution is 5.26. The summed E-state index contributed by atoms with van der Waals surface area (Å²) < 4.78 is 13.2. The summed E-state index contributed by atoms with van der Waals surface area (Å²) in [7, 11) is 0. The van der Waals surface area contributed by atoms with Gasteiger partial charge in [0.15, 0.2) is 0 Å². The van der Waals surface area contributed by atoms with Crippen molar-refractivity contribution in [1.29, 1.82) is 0 Å². The molecule has 1 N–H and O–H groups in total. The number of hydrogen-bond acceptors (Lipinski definition) is 2. The molecular weight excluding hydrogens is 263 g/mol. The molecule has 0 bridgehead atoms. The molecule has 1 aliphatic rings. The van der Waals surface area contributed by atoms with Crippen molar-refractivity contribution in [2.24, 2.45) is 5.92 Å². The first kappa shape index (κ1) is 16.4. The molecule has 1 fully saturated rings. The molecule has 1 aliphatic heterocycles. The molecule has 1 aromatic carbocycles. The number of rotatable bonds is 4. The number of aryl methyl sites for hydroxylation is 1. The first-order chi connectivity index (χ1) is 9.83. The third kappa shape index (κ3) is 5.40. The number of halogens is 1. The summed E-state index contributed by atoms with van der Waals surface area (Å²) in [6.07, 6.45) is 2.57. The van der Waals surface area contributed by atoms with E-state index < -0.39 is 0 Å². The predicted octanol–water partition coefficient (Wildman–Crippen LogP) is 3.73. The second kappa shape index (κ2) is 6.89. The Labute approximate surface area is 128 Å². The lowest BCUT2D eigenvalue weighted by Gasteiger charge is -2.34. The van der Waals surface area contributed by atoms with E-state index in [9.17, 15) is 4.39 Å². The Morgan fingerprint density at radius 1 is 1.33 bits per heavy atom. The summed E-state index contributed by atoms with van der Waals surface area (Å²) in [4.78, 5) is 2.51. The normalized spacial score (nSPS) is 20.7. The monoisotopic (exact) mass is 292 g/mol. The first-order valence-electron chi connectivity index (χ1n) is 8.06. The van der Waals surface area contributed by atoms with Crippen LogP contribution < -0.4 is 5.32 Å². The van der Waals surface area contributed by atoms with Gasteiger partial charge in [-0.05, 0) is 82.8 Å². The van der Waals surface area contributed by atoms with Gasteiger partial charge in [-0.25, -0.2) is 4.39 Å². The maximum absolute atomic E-state index is 13.2. The van der Waals surface area contributed by atoms with E-state index in [-0.39, 0.29) is 11.4 Å². The van der Waals surface area contributed by atoms with E-state index in [1.165, 1.54) is 18.4 Å². The van der Waals surface area contributed by atoms with Crippen molar-refractivity contribution in [2.45, 2.75) is 52.6 Å². The lowest BCUT2D eigenvalue weighted by molar-refractivity contribution is 0.159. The molecule has 1 saturated heterocycles. The predicted molar refractivity (Wildman–Crippen MR) is 86.9 cm³/mol. The van der Waals surface area contributed by atoms with Gasteiger partial charge >= 0.3 is 0 Å². The Morgan fingerprint density at radius 2 is 2.10 bits per heavy atom. The van der Waals surface area contributed by atoms with Gasteiger partial charge < -0.3 is 5.32 Å². The molecule has 0 spiro atoms. The van der Waals surface area contributed by atoms with Gasteiger partial charge in [0.2, 0.25) is 0 Å². The number of piperidine rings is 1. The lowest BCUT2D eigenvalue weighted by Crippen LogP contribution is -2.44. The second-order valence-electron chi connectivity index (χ2n) is 7.45. The number of nitrogens with zero attached hydrogens (tertiary/aromatic N) is 1. The average Bonchev–Trinajstić information content (AvgIpc) is 2.39. The molecule has 3 heteroatoms. The molecule has 1 heterocycles. The molecule has 1 unspecified atom stereocenters. The molecular formula is C18H29FN2. The highest BCUT2D eigenvalue weighted by Crippen LogP contribution is 2.20. The molecule has 0 aromatic heterocycles. The van der Waals surface area contributed by atoms with Crippen LogP contribution in [0.4, 0.5) is 4.39 Å². The van der Waals surface area contributed by atoms with Crippen LogP contribution >= 0.6 is 0 Å². The van der Waals surface area contributed by atoms with Crippen LogP contribution in [0.2, 0.25) is 0 Å². The molecule has 1 aromatic rings. The standard InChI is InChI=1S/C18H29FN2/c1-14-10-17(19)8-7-16(14)13-21-9-5-6-15(12-21)11-20-18(2,3)4/h7-8,10,15,20H,5-6,9,11-13H2,1-4H3. The van der Waals surface area contributed by atoms with Crippen LogP contribution in [0.1, 0.15) is 44.7 Å². The summed E-state index contributed by atoms with van der Waals surface area (Å²) in [5, 5.41) is 3.62. The molecule has 2 rings (SSSR count). The Hall–Kier alpha value is -0.930. The van der Waals surface area contributed by atoms with Crippen molar-refractivity contribution < 1.29 is 4.39 Å². The van der Waals surface area contributed by atoms with Crippen LogP contribution in [-0.4, -0.2) is 30.1 Å². The van der Waals surface area contributed by atoms with Gasteiger partial charge in [0.05, 0.1) is 0 Å². The molecule has 0 saturated carbocycles. The topological polar surface area (TPSA) is 15.3 Å². The Morgan fingerprint density at radius 3 is 2.76 bits per heavy atom. The van der Waals surface area contributed by atoms with Gasteiger partial charge in [0.1, 0.15) is 5.82 Å². The first-order valence-corrected chi connectivity index (χ1v) is 8.06. The summed E-state index contributed by atoms with van der Waals surface area (Å²) in [5.41, 5.74) is 2.50. The smallest absolute Gasteiger partial charge is 0.123 e. The van der Waals surface area contributed by atoms with Gasteiger partial charge in [-0.1, -0.05) is 6.07 Å². The van der Waals surface area contributed by atoms with Crippen molar-refractivity contribution in [2.75, 3.05) is 19.6 Å². The van der Waals surface area contributed by atoms with E-state index in [0.717, 1.165) is 37.7 Å². The van der Waals surface area contributed by atoms with Crippen LogP contribution in [0.15, 0.2) is 18.2 Å². The van der Waals surface area contributed by atoms with Crippen LogP contribution in [-0.2, 0) is 6.54 Å². The van der Waals surface area contributed by atoms with Crippen LogP contribution in [0.5, 0.6) is 0 Å². The highest BCUT2D eigenvalue weighted by Gasteiger charge is 2.21. The Kier molecular flexibility index (Phi) is 5.39. The fourth-order valence-corrected chi connectivity index (χ4v) is 2.99. The average molecular weight is 292 g/mol. The van der Waals surface area contributed by atoms with Crippen molar-refractivity contribution in [3.05, 3.63) is 35.1 Å². The highest BCUT2D eigenvalue weighted by atomic mass is 19.1.